The van der Waals surface area contributed by atoms with E-state index >= 15 is 0 Å². The van der Waals surface area contributed by atoms with Gasteiger partial charge in [0.05, 0.1) is 17.6 Å². The highest BCUT2D eigenvalue weighted by Gasteiger charge is 2.16. The van der Waals surface area contributed by atoms with E-state index in [-0.39, 0.29) is 24.5 Å². The van der Waals surface area contributed by atoms with Gasteiger partial charge in [0.25, 0.3) is 5.91 Å². The van der Waals surface area contributed by atoms with Gasteiger partial charge in [0.2, 0.25) is 5.91 Å². The standard InChI is InChI=1S/C20H24N2O4S/c1-5-17-13(3)11-18(27-17)20(25)22-21-19(24)9-7-15(23)14-10-12(2)6-8-16(14)26-4/h6,8,10-11H,5,7,9H2,1-4H3,(H,21,24)(H,22,25). The van der Waals surface area contributed by atoms with Crippen LogP contribution < -0.4 is 15.6 Å². The molecule has 0 aliphatic heterocycles. The molecule has 0 atom stereocenters. The first-order chi connectivity index (χ1) is 12.8. The highest BCUT2D eigenvalue weighted by atomic mass is 32.1. The van der Waals surface area contributed by atoms with Crippen LogP contribution in [0.1, 0.15) is 55.8 Å². The number of benzene rings is 1. The number of aryl methyl sites for hydroxylation is 3. The van der Waals surface area contributed by atoms with Gasteiger partial charge in [-0.05, 0) is 44.0 Å². The molecule has 6 nitrogen and oxygen atoms in total. The van der Waals surface area contributed by atoms with Crippen molar-refractivity contribution in [2.24, 2.45) is 0 Å². The lowest BCUT2D eigenvalue weighted by Crippen LogP contribution is -2.41. The number of methoxy groups -OCH3 is 1. The van der Waals surface area contributed by atoms with Crippen LogP contribution in [0.5, 0.6) is 5.75 Å². The van der Waals surface area contributed by atoms with E-state index in [1.807, 2.05) is 26.8 Å². The normalized spacial score (nSPS) is 10.4. The van der Waals surface area contributed by atoms with Crippen LogP contribution in [0.4, 0.5) is 0 Å². The molecular weight excluding hydrogens is 364 g/mol. The summed E-state index contributed by atoms with van der Waals surface area (Å²) in [5.41, 5.74) is 7.21. The monoisotopic (exact) mass is 388 g/mol. The van der Waals surface area contributed by atoms with Crippen LogP contribution >= 0.6 is 11.3 Å². The third kappa shape index (κ3) is 5.40. The lowest BCUT2D eigenvalue weighted by Gasteiger charge is -2.09. The second-order valence-electron chi connectivity index (χ2n) is 6.20. The van der Waals surface area contributed by atoms with Crippen molar-refractivity contribution < 1.29 is 19.1 Å². The lowest BCUT2D eigenvalue weighted by molar-refractivity contribution is -0.121. The number of hydrazine groups is 1. The van der Waals surface area contributed by atoms with Gasteiger partial charge in [-0.25, -0.2) is 0 Å². The summed E-state index contributed by atoms with van der Waals surface area (Å²) in [5.74, 6) is -0.479. The molecule has 2 rings (SSSR count). The molecule has 2 amide bonds. The highest BCUT2D eigenvalue weighted by Crippen LogP contribution is 2.22. The highest BCUT2D eigenvalue weighted by molar-refractivity contribution is 7.14. The topological polar surface area (TPSA) is 84.5 Å². The Bertz CT molecular complexity index is 858. The van der Waals surface area contributed by atoms with Crippen LogP contribution in [-0.2, 0) is 11.2 Å². The largest absolute Gasteiger partial charge is 0.496 e. The Hall–Kier alpha value is -2.67. The number of carbonyl (C=O) groups is 3. The van der Waals surface area contributed by atoms with Gasteiger partial charge in [-0.1, -0.05) is 18.6 Å². The molecule has 0 saturated carbocycles. The average Bonchev–Trinajstić information content (AvgIpc) is 3.04. The second-order valence-corrected chi connectivity index (χ2v) is 7.34. The Morgan fingerprint density at radius 3 is 2.44 bits per heavy atom. The van der Waals surface area contributed by atoms with Gasteiger partial charge in [0.1, 0.15) is 5.75 Å². The van der Waals surface area contributed by atoms with E-state index in [9.17, 15) is 14.4 Å². The summed E-state index contributed by atoms with van der Waals surface area (Å²) < 4.78 is 5.20. The number of ketones is 1. The van der Waals surface area contributed by atoms with Crippen LogP contribution in [-0.4, -0.2) is 24.7 Å². The van der Waals surface area contributed by atoms with Gasteiger partial charge in [-0.15, -0.1) is 11.3 Å². The van der Waals surface area contributed by atoms with Crippen molar-refractivity contribution in [1.82, 2.24) is 10.9 Å². The number of carbonyl (C=O) groups excluding carboxylic acids is 3. The van der Waals surface area contributed by atoms with Crippen molar-refractivity contribution in [3.8, 4) is 5.75 Å². The first-order valence-electron chi connectivity index (χ1n) is 8.72. The van der Waals surface area contributed by atoms with Gasteiger partial charge >= 0.3 is 0 Å². The number of nitrogens with one attached hydrogen (secondary N) is 2. The Kier molecular flexibility index (Phi) is 7.12. The third-order valence-electron chi connectivity index (χ3n) is 4.12. The fourth-order valence-corrected chi connectivity index (χ4v) is 3.64. The average molecular weight is 388 g/mol. The van der Waals surface area contributed by atoms with Crippen LogP contribution in [0.2, 0.25) is 0 Å². The molecule has 1 heterocycles. The van der Waals surface area contributed by atoms with E-state index in [0.29, 0.717) is 16.2 Å². The number of thiophene rings is 1. The molecule has 0 aliphatic rings. The first kappa shape index (κ1) is 20.6. The molecule has 2 aromatic rings. The molecule has 0 spiro atoms. The molecule has 0 unspecified atom stereocenters. The second kappa shape index (κ2) is 9.32. The van der Waals surface area contributed by atoms with E-state index in [1.165, 1.54) is 18.4 Å². The predicted octanol–water partition coefficient (Wildman–Crippen LogP) is 3.36. The number of hydrogen-bond donors (Lipinski definition) is 2. The Morgan fingerprint density at radius 2 is 1.81 bits per heavy atom. The quantitative estimate of drug-likeness (QED) is 0.563. The number of ether oxygens (including phenoxy) is 1. The third-order valence-corrected chi connectivity index (χ3v) is 5.50. The molecule has 0 bridgehead atoms. The molecule has 0 fully saturated rings. The van der Waals surface area contributed by atoms with Gasteiger partial charge in [0, 0.05) is 17.7 Å². The van der Waals surface area contributed by atoms with Crippen LogP contribution in [0.3, 0.4) is 0 Å². The summed E-state index contributed by atoms with van der Waals surface area (Å²) in [6, 6.07) is 7.13. The fourth-order valence-electron chi connectivity index (χ4n) is 2.63. The molecule has 0 aliphatic carbocycles. The Labute approximate surface area is 162 Å². The van der Waals surface area contributed by atoms with E-state index in [2.05, 4.69) is 10.9 Å². The van der Waals surface area contributed by atoms with E-state index < -0.39 is 5.91 Å². The zero-order chi connectivity index (χ0) is 20.0. The molecule has 27 heavy (non-hydrogen) atoms. The number of rotatable bonds is 7. The van der Waals surface area contributed by atoms with Crippen molar-refractivity contribution in [3.63, 3.8) is 0 Å². The van der Waals surface area contributed by atoms with Crippen LogP contribution in [0.15, 0.2) is 24.3 Å². The minimum absolute atomic E-state index is 0.0274. The number of Topliss-reactive ketones (excluding diaryl/α,β-unsaturated/α-hetero) is 1. The molecule has 0 saturated heterocycles. The predicted molar refractivity (Wildman–Crippen MR) is 105 cm³/mol. The summed E-state index contributed by atoms with van der Waals surface area (Å²) in [4.78, 5) is 38.1. The maximum atomic E-state index is 12.4. The Morgan fingerprint density at radius 1 is 1.07 bits per heavy atom. The SMILES string of the molecule is CCc1sc(C(=O)NNC(=O)CCC(=O)c2cc(C)ccc2OC)cc1C. The summed E-state index contributed by atoms with van der Waals surface area (Å²) >= 11 is 1.41. The first-order valence-corrected chi connectivity index (χ1v) is 9.53. The summed E-state index contributed by atoms with van der Waals surface area (Å²) in [7, 11) is 1.50. The van der Waals surface area contributed by atoms with Gasteiger partial charge in [-0.3, -0.25) is 25.2 Å². The van der Waals surface area contributed by atoms with Crippen molar-refractivity contribution in [2.75, 3.05) is 7.11 Å². The maximum Gasteiger partial charge on any atom is 0.279 e. The Balaban J connectivity index is 1.86. The molecule has 1 aromatic carbocycles. The van der Waals surface area contributed by atoms with Gasteiger partial charge in [-0.2, -0.15) is 0 Å². The van der Waals surface area contributed by atoms with Crippen LogP contribution in [0, 0.1) is 13.8 Å². The number of amides is 2. The maximum absolute atomic E-state index is 12.4. The van der Waals surface area contributed by atoms with E-state index in [4.69, 9.17) is 4.74 Å². The minimum Gasteiger partial charge on any atom is -0.496 e. The molecule has 2 N–H and O–H groups in total. The minimum atomic E-state index is -0.424. The molecule has 1 aromatic heterocycles. The van der Waals surface area contributed by atoms with E-state index in [1.54, 1.807) is 18.2 Å². The zero-order valence-corrected chi connectivity index (χ0v) is 16.8. The number of hydrogen-bond acceptors (Lipinski definition) is 5. The smallest absolute Gasteiger partial charge is 0.279 e. The summed E-state index contributed by atoms with van der Waals surface area (Å²) in [5, 5.41) is 0. The summed E-state index contributed by atoms with van der Waals surface area (Å²) in [6.45, 7) is 5.87. The molecule has 144 valence electrons. The van der Waals surface area contributed by atoms with Crippen molar-refractivity contribution in [2.45, 2.75) is 40.0 Å². The van der Waals surface area contributed by atoms with Crippen molar-refractivity contribution in [3.05, 3.63) is 50.7 Å². The van der Waals surface area contributed by atoms with E-state index in [0.717, 1.165) is 22.4 Å². The fraction of sp³-hybridized carbons (Fsp3) is 0.350. The van der Waals surface area contributed by atoms with Crippen molar-refractivity contribution in [1.29, 1.82) is 0 Å². The molecule has 0 radical (unpaired) electrons. The summed E-state index contributed by atoms with van der Waals surface area (Å²) in [6.07, 6.45) is 0.861. The van der Waals surface area contributed by atoms with Crippen molar-refractivity contribution >= 4 is 28.9 Å². The van der Waals surface area contributed by atoms with Gasteiger partial charge in [0.15, 0.2) is 5.78 Å². The van der Waals surface area contributed by atoms with Gasteiger partial charge < -0.3 is 4.74 Å². The molecular formula is C20H24N2O4S. The van der Waals surface area contributed by atoms with Crippen LogP contribution in [0.25, 0.3) is 0 Å². The lowest BCUT2D eigenvalue weighted by atomic mass is 10.0. The zero-order valence-electron chi connectivity index (χ0n) is 16.0. The molecule has 7 heteroatoms.